The summed E-state index contributed by atoms with van der Waals surface area (Å²) in [5.74, 6) is -3.35. The third kappa shape index (κ3) is 36.6. The van der Waals surface area contributed by atoms with Gasteiger partial charge in [-0.05, 0) is 25.5 Å². The van der Waals surface area contributed by atoms with E-state index < -0.39 is 17.9 Å². The smallest absolute Gasteiger partial charge is 0.545 e. The number of aliphatic carboxylic acids is 3. The Kier molecular flexibility index (Phi) is 21.6. The molecule has 0 unspecified atom stereocenters. The predicted octanol–water partition coefficient (Wildman–Crippen LogP) is -1.50. The van der Waals surface area contributed by atoms with Gasteiger partial charge in [0.2, 0.25) is 0 Å². The quantitative estimate of drug-likeness (QED) is 0.491. The van der Waals surface area contributed by atoms with Gasteiger partial charge in [0, 0.05) is 5.57 Å². The number of carbonyl (C=O) groups is 3. The van der Waals surface area contributed by atoms with Crippen LogP contribution >= 0.6 is 0 Å². The van der Waals surface area contributed by atoms with Crippen molar-refractivity contribution in [3.63, 3.8) is 0 Å². The Morgan fingerprint density at radius 1 is 1.06 bits per heavy atom. The summed E-state index contributed by atoms with van der Waals surface area (Å²) in [6.45, 7) is 12.0. The Balaban J connectivity index is -0.0000000799. The molecule has 0 bridgehead atoms. The fourth-order valence-electron chi connectivity index (χ4n) is 0. The Bertz CT molecular complexity index is 284. The molecule has 0 aliphatic heterocycles. The van der Waals surface area contributed by atoms with Crippen molar-refractivity contribution in [3.05, 3.63) is 37.0 Å². The molecular weight excluding hydrogens is 252 g/mol. The van der Waals surface area contributed by atoms with Gasteiger partial charge in [0.15, 0.2) is 0 Å². The number of hydrogen-bond acceptors (Lipinski definition) is 5. The maximum Gasteiger partial charge on any atom is 2.00 e. The topological polar surface area (TPSA) is 118 Å². The first-order valence-electron chi connectivity index (χ1n) is 4.15. The molecule has 0 radical (unpaired) electrons. The van der Waals surface area contributed by atoms with E-state index in [1.54, 1.807) is 0 Å². The second-order valence-electron chi connectivity index (χ2n) is 2.68. The largest absolute Gasteiger partial charge is 2.00 e. The Labute approximate surface area is 121 Å². The summed E-state index contributed by atoms with van der Waals surface area (Å²) in [5, 5.41) is 26.5. The molecule has 0 aromatic carbocycles. The van der Waals surface area contributed by atoms with Crippen LogP contribution in [-0.4, -0.2) is 46.1 Å². The van der Waals surface area contributed by atoms with E-state index in [2.05, 4.69) is 19.7 Å². The molecule has 0 fully saturated rings. The van der Waals surface area contributed by atoms with Crippen LogP contribution in [0.15, 0.2) is 37.0 Å². The van der Waals surface area contributed by atoms with E-state index in [1.165, 1.54) is 13.8 Å². The minimum absolute atomic E-state index is 0. The molecule has 0 saturated heterocycles. The van der Waals surface area contributed by atoms with Crippen LogP contribution < -0.4 is 10.2 Å². The Hall–Kier alpha value is -1.60. The fraction of sp³-hybridized carbons (Fsp3) is 0.182. The van der Waals surface area contributed by atoms with Gasteiger partial charge in [-0.3, -0.25) is 0 Å². The van der Waals surface area contributed by atoms with Crippen LogP contribution in [-0.2, 0) is 14.4 Å². The van der Waals surface area contributed by atoms with Crippen molar-refractivity contribution in [2.75, 3.05) is 0 Å². The number of rotatable bonds is 3. The van der Waals surface area contributed by atoms with Gasteiger partial charge in [-0.15, -0.1) is 0 Å². The van der Waals surface area contributed by atoms with Gasteiger partial charge in [-0.1, -0.05) is 19.7 Å². The first-order valence-corrected chi connectivity index (χ1v) is 4.15. The normalized spacial score (nSPS) is 6.78. The SMILES string of the molecule is C=C(C)C(=O)O.C=C(C)C(=O)[O-].C=CC(=O)[O-].[Mg+2]. The van der Waals surface area contributed by atoms with Gasteiger partial charge in [-0.2, -0.15) is 0 Å². The monoisotopic (exact) mass is 266 g/mol. The molecular formula is C11H14MgO6. The van der Waals surface area contributed by atoms with Crippen molar-refractivity contribution < 1.29 is 29.7 Å². The molecule has 0 aliphatic rings. The zero-order valence-corrected chi connectivity index (χ0v) is 11.8. The first-order chi connectivity index (χ1) is 7.56. The third-order valence-corrected chi connectivity index (χ3v) is 0.880. The third-order valence-electron chi connectivity index (χ3n) is 0.880. The van der Waals surface area contributed by atoms with E-state index in [0.29, 0.717) is 0 Å². The van der Waals surface area contributed by atoms with Crippen molar-refractivity contribution in [2.45, 2.75) is 13.8 Å². The molecule has 0 amide bonds. The first kappa shape index (κ1) is 25.3. The van der Waals surface area contributed by atoms with Crippen LogP contribution in [0.2, 0.25) is 0 Å². The molecule has 7 heteroatoms. The fourth-order valence-corrected chi connectivity index (χ4v) is 0. The second kappa shape index (κ2) is 15.4. The van der Waals surface area contributed by atoms with Crippen LogP contribution in [0.25, 0.3) is 0 Å². The van der Waals surface area contributed by atoms with E-state index in [4.69, 9.17) is 15.0 Å². The number of carbonyl (C=O) groups excluding carboxylic acids is 2. The van der Waals surface area contributed by atoms with Crippen molar-refractivity contribution in [2.24, 2.45) is 0 Å². The van der Waals surface area contributed by atoms with Gasteiger partial charge in [0.25, 0.3) is 0 Å². The summed E-state index contributed by atoms with van der Waals surface area (Å²) in [4.78, 5) is 28.2. The van der Waals surface area contributed by atoms with Gasteiger partial charge in [0.05, 0.1) is 11.9 Å². The molecule has 0 spiro atoms. The van der Waals surface area contributed by atoms with Crippen molar-refractivity contribution >= 4 is 41.0 Å². The molecule has 0 saturated carbocycles. The summed E-state index contributed by atoms with van der Waals surface area (Å²) < 4.78 is 0. The molecule has 1 N–H and O–H groups in total. The number of carboxylic acids is 3. The summed E-state index contributed by atoms with van der Waals surface area (Å²) in [5.41, 5.74) is 0.241. The maximum absolute atomic E-state index is 9.60. The van der Waals surface area contributed by atoms with Crippen LogP contribution in [0.5, 0.6) is 0 Å². The molecule has 0 aromatic rings. The van der Waals surface area contributed by atoms with Crippen LogP contribution in [0.1, 0.15) is 13.8 Å². The zero-order chi connectivity index (χ0) is 14.6. The van der Waals surface area contributed by atoms with Gasteiger partial charge < -0.3 is 24.9 Å². The summed E-state index contributed by atoms with van der Waals surface area (Å²) >= 11 is 0. The maximum atomic E-state index is 9.60. The van der Waals surface area contributed by atoms with E-state index >= 15 is 0 Å². The van der Waals surface area contributed by atoms with E-state index in [9.17, 15) is 14.7 Å². The van der Waals surface area contributed by atoms with E-state index in [-0.39, 0.29) is 34.2 Å². The molecule has 18 heavy (non-hydrogen) atoms. The molecule has 0 heterocycles. The van der Waals surface area contributed by atoms with Gasteiger partial charge in [-0.25, -0.2) is 4.79 Å². The summed E-state index contributed by atoms with van der Waals surface area (Å²) in [7, 11) is 0. The zero-order valence-electron chi connectivity index (χ0n) is 10.4. The van der Waals surface area contributed by atoms with E-state index in [1.807, 2.05) is 0 Å². The predicted molar refractivity (Wildman–Crippen MR) is 63.2 cm³/mol. The van der Waals surface area contributed by atoms with Gasteiger partial charge >= 0.3 is 29.0 Å². The molecule has 0 rings (SSSR count). The molecule has 96 valence electrons. The average molecular weight is 267 g/mol. The van der Waals surface area contributed by atoms with Crippen LogP contribution in [0, 0.1) is 0 Å². The van der Waals surface area contributed by atoms with E-state index in [0.717, 1.165) is 6.08 Å². The second-order valence-corrected chi connectivity index (χ2v) is 2.68. The van der Waals surface area contributed by atoms with Gasteiger partial charge in [0.1, 0.15) is 0 Å². The summed E-state index contributed by atoms with van der Waals surface area (Å²) in [6.07, 6.45) is 0.722. The standard InChI is InChI=1S/2C4H6O2.C3H4O2.Mg/c2*1-3(2)4(5)6;1-2-3(4)5;/h2*1H2,2H3,(H,5,6);2H,1H2,(H,4,5);/q;;;+2/p-2. The van der Waals surface area contributed by atoms with Crippen LogP contribution in [0.4, 0.5) is 0 Å². The van der Waals surface area contributed by atoms with Crippen molar-refractivity contribution in [3.8, 4) is 0 Å². The Morgan fingerprint density at radius 2 is 1.22 bits per heavy atom. The van der Waals surface area contributed by atoms with Crippen LogP contribution in [0.3, 0.4) is 0 Å². The number of carboxylic acid groups (broad SMARTS) is 3. The Morgan fingerprint density at radius 3 is 1.22 bits per heavy atom. The number of hydrogen-bond donors (Lipinski definition) is 1. The average Bonchev–Trinajstić information content (AvgIpc) is 2.19. The molecule has 6 nitrogen and oxygen atoms in total. The minimum atomic E-state index is -1.23. The summed E-state index contributed by atoms with van der Waals surface area (Å²) in [6, 6.07) is 0. The van der Waals surface area contributed by atoms with Crippen molar-refractivity contribution in [1.82, 2.24) is 0 Å². The van der Waals surface area contributed by atoms with Crippen molar-refractivity contribution in [1.29, 1.82) is 0 Å². The molecule has 0 aromatic heterocycles. The molecule has 0 atom stereocenters. The molecule has 0 aliphatic carbocycles. The minimum Gasteiger partial charge on any atom is -0.545 e.